The Balaban J connectivity index is 2.85. The van der Waals surface area contributed by atoms with Crippen molar-refractivity contribution in [3.63, 3.8) is 0 Å². The molecule has 1 aromatic carbocycles. The van der Waals surface area contributed by atoms with Crippen LogP contribution in [0.4, 0.5) is 0 Å². The number of benzene rings is 1. The van der Waals surface area contributed by atoms with Crippen molar-refractivity contribution < 1.29 is 10.0 Å². The van der Waals surface area contributed by atoms with Crippen molar-refractivity contribution in [2.45, 2.75) is 13.8 Å². The van der Waals surface area contributed by atoms with Crippen LogP contribution in [0.3, 0.4) is 0 Å². The van der Waals surface area contributed by atoms with Crippen LogP contribution in [0.5, 0.6) is 0 Å². The molecule has 0 heterocycles. The van der Waals surface area contributed by atoms with Gasteiger partial charge in [0, 0.05) is 0 Å². The number of hydrogen-bond donors (Lipinski definition) is 2. The fourth-order valence-corrected chi connectivity index (χ4v) is 1.07. The molecule has 0 aliphatic rings. The zero-order valence-electron chi connectivity index (χ0n) is 7.86. The molecule has 0 saturated heterocycles. The summed E-state index contributed by atoms with van der Waals surface area (Å²) in [5.41, 5.74) is 3.42. The van der Waals surface area contributed by atoms with Gasteiger partial charge in [0.25, 0.3) is 0 Å². The first-order valence-corrected chi connectivity index (χ1v) is 4.21. The minimum atomic E-state index is -1.37. The second kappa shape index (κ2) is 4.26. The average Bonchev–Trinajstić information content (AvgIpc) is 2.07. The molecule has 0 aliphatic heterocycles. The van der Waals surface area contributed by atoms with E-state index in [1.54, 1.807) is 6.08 Å². The van der Waals surface area contributed by atoms with Crippen molar-refractivity contribution in [3.05, 3.63) is 40.9 Å². The Morgan fingerprint density at radius 2 is 1.85 bits per heavy atom. The largest absolute Gasteiger partial charge is 0.480 e. The van der Waals surface area contributed by atoms with Crippen LogP contribution in [0.2, 0.25) is 0 Å². The predicted molar refractivity (Wildman–Crippen MR) is 55.1 cm³/mol. The van der Waals surface area contributed by atoms with Gasteiger partial charge in [-0.05, 0) is 30.5 Å². The number of aryl methyl sites for hydroxylation is 2. The van der Waals surface area contributed by atoms with E-state index in [0.717, 1.165) is 5.56 Å². The molecule has 0 fully saturated rings. The molecule has 3 heteroatoms. The first kappa shape index (κ1) is 10.0. The van der Waals surface area contributed by atoms with E-state index in [2.05, 4.69) is 0 Å². The van der Waals surface area contributed by atoms with Crippen LogP contribution in [0.25, 0.3) is 6.08 Å². The monoisotopic (exact) mass is 176 g/mol. The highest BCUT2D eigenvalue weighted by Gasteiger charge is 1.98. The summed E-state index contributed by atoms with van der Waals surface area (Å²) in [4.78, 5) is 0. The smallest absolute Gasteiger partial charge is 0.424 e. The summed E-state index contributed by atoms with van der Waals surface area (Å²) in [5, 5.41) is 17.2. The molecule has 0 unspecified atom stereocenters. The molecule has 0 bridgehead atoms. The van der Waals surface area contributed by atoms with Gasteiger partial charge < -0.3 is 10.0 Å². The molecule has 2 N–H and O–H groups in total. The van der Waals surface area contributed by atoms with E-state index in [1.165, 1.54) is 17.1 Å². The Morgan fingerprint density at radius 3 is 2.38 bits per heavy atom. The quantitative estimate of drug-likeness (QED) is 0.667. The summed E-state index contributed by atoms with van der Waals surface area (Å²) in [6.45, 7) is 4.08. The fraction of sp³-hybridized carbons (Fsp3) is 0.200. The highest BCUT2D eigenvalue weighted by Crippen LogP contribution is 2.10. The van der Waals surface area contributed by atoms with Gasteiger partial charge in [-0.25, -0.2) is 0 Å². The van der Waals surface area contributed by atoms with E-state index in [9.17, 15) is 0 Å². The Hall–Kier alpha value is -1.06. The van der Waals surface area contributed by atoms with Gasteiger partial charge in [0.05, 0.1) is 0 Å². The lowest BCUT2D eigenvalue weighted by Crippen LogP contribution is -2.05. The highest BCUT2D eigenvalue weighted by atomic mass is 16.4. The van der Waals surface area contributed by atoms with E-state index in [0.29, 0.717) is 0 Å². The third-order valence-electron chi connectivity index (χ3n) is 1.99. The summed E-state index contributed by atoms with van der Waals surface area (Å²) in [6, 6.07) is 5.97. The molecule has 2 nitrogen and oxygen atoms in total. The molecule has 0 spiro atoms. The SMILES string of the molecule is Cc1ccc(/C=C/B(O)O)cc1C. The summed E-state index contributed by atoms with van der Waals surface area (Å²) in [6.07, 6.45) is 1.69. The van der Waals surface area contributed by atoms with Crippen LogP contribution in [0.1, 0.15) is 16.7 Å². The van der Waals surface area contributed by atoms with Crippen molar-refractivity contribution in [2.75, 3.05) is 0 Å². The second-order valence-corrected chi connectivity index (χ2v) is 3.12. The first-order valence-electron chi connectivity index (χ1n) is 4.21. The molecule has 0 saturated carbocycles. The average molecular weight is 176 g/mol. The Kier molecular flexibility index (Phi) is 3.28. The normalized spacial score (nSPS) is 10.8. The van der Waals surface area contributed by atoms with Gasteiger partial charge in [0.2, 0.25) is 0 Å². The van der Waals surface area contributed by atoms with Crippen LogP contribution in [-0.2, 0) is 0 Å². The van der Waals surface area contributed by atoms with Crippen molar-refractivity contribution in [1.29, 1.82) is 0 Å². The van der Waals surface area contributed by atoms with Gasteiger partial charge in [0.1, 0.15) is 0 Å². The van der Waals surface area contributed by atoms with Crippen molar-refractivity contribution in [1.82, 2.24) is 0 Å². The van der Waals surface area contributed by atoms with Gasteiger partial charge in [-0.1, -0.05) is 30.3 Å². The topological polar surface area (TPSA) is 40.5 Å². The Morgan fingerprint density at radius 1 is 1.15 bits per heavy atom. The van der Waals surface area contributed by atoms with E-state index in [1.807, 2.05) is 32.0 Å². The van der Waals surface area contributed by atoms with Gasteiger partial charge in [-0.15, -0.1) is 0 Å². The second-order valence-electron chi connectivity index (χ2n) is 3.12. The standard InChI is InChI=1S/C10H13BO2/c1-8-3-4-10(7-9(8)2)5-6-11(12)13/h3-7,12-13H,1-2H3/b6-5+. The Labute approximate surface area is 78.7 Å². The molecule has 0 aromatic heterocycles. The third kappa shape index (κ3) is 3.05. The van der Waals surface area contributed by atoms with E-state index in [4.69, 9.17) is 10.0 Å². The van der Waals surface area contributed by atoms with Crippen molar-refractivity contribution >= 4 is 13.2 Å². The summed E-state index contributed by atoms with van der Waals surface area (Å²) >= 11 is 0. The third-order valence-corrected chi connectivity index (χ3v) is 1.99. The molecular weight excluding hydrogens is 163 g/mol. The van der Waals surface area contributed by atoms with E-state index in [-0.39, 0.29) is 0 Å². The predicted octanol–water partition coefficient (Wildman–Crippen LogP) is 1.33. The molecule has 0 amide bonds. The lowest BCUT2D eigenvalue weighted by atomic mass is 9.90. The zero-order chi connectivity index (χ0) is 9.84. The van der Waals surface area contributed by atoms with Crippen molar-refractivity contribution in [3.8, 4) is 0 Å². The molecule has 0 aliphatic carbocycles. The maximum absolute atomic E-state index is 8.61. The minimum Gasteiger partial charge on any atom is -0.424 e. The highest BCUT2D eigenvalue weighted by molar-refractivity contribution is 6.48. The molecular formula is C10H13BO2. The number of rotatable bonds is 2. The van der Waals surface area contributed by atoms with Gasteiger partial charge in [-0.2, -0.15) is 0 Å². The molecule has 0 atom stereocenters. The van der Waals surface area contributed by atoms with Crippen LogP contribution >= 0.6 is 0 Å². The maximum atomic E-state index is 8.61. The van der Waals surface area contributed by atoms with Gasteiger partial charge in [-0.3, -0.25) is 0 Å². The first-order chi connectivity index (χ1) is 6.09. The number of hydrogen-bond acceptors (Lipinski definition) is 2. The summed E-state index contributed by atoms with van der Waals surface area (Å²) in [7, 11) is -1.37. The zero-order valence-corrected chi connectivity index (χ0v) is 7.86. The van der Waals surface area contributed by atoms with Gasteiger partial charge in [0.15, 0.2) is 0 Å². The van der Waals surface area contributed by atoms with Crippen LogP contribution in [-0.4, -0.2) is 17.2 Å². The molecule has 1 rings (SSSR count). The van der Waals surface area contributed by atoms with Crippen molar-refractivity contribution in [2.24, 2.45) is 0 Å². The van der Waals surface area contributed by atoms with Gasteiger partial charge >= 0.3 is 7.12 Å². The fourth-order valence-electron chi connectivity index (χ4n) is 1.07. The summed E-state index contributed by atoms with van der Waals surface area (Å²) in [5.74, 6) is 1.34. The molecule has 68 valence electrons. The van der Waals surface area contributed by atoms with Crippen LogP contribution in [0, 0.1) is 13.8 Å². The lowest BCUT2D eigenvalue weighted by Gasteiger charge is -2.00. The van der Waals surface area contributed by atoms with E-state index >= 15 is 0 Å². The Bertz CT molecular complexity index is 319. The maximum Gasteiger partial charge on any atom is 0.480 e. The lowest BCUT2D eigenvalue weighted by molar-refractivity contribution is 0.424. The summed E-state index contributed by atoms with van der Waals surface area (Å²) < 4.78 is 0. The molecule has 13 heavy (non-hydrogen) atoms. The van der Waals surface area contributed by atoms with Crippen LogP contribution in [0.15, 0.2) is 24.2 Å². The van der Waals surface area contributed by atoms with Crippen LogP contribution < -0.4 is 0 Å². The molecule has 0 radical (unpaired) electrons. The minimum absolute atomic E-state index is 0.983. The van der Waals surface area contributed by atoms with E-state index < -0.39 is 7.12 Å². The molecule has 1 aromatic rings.